The van der Waals surface area contributed by atoms with Crippen molar-refractivity contribution in [1.29, 1.82) is 0 Å². The lowest BCUT2D eigenvalue weighted by molar-refractivity contribution is 0.0926. The fraction of sp³-hybridized carbons (Fsp3) is 0.632. The number of carbonyl (C=O) groups excluding carboxylic acids is 1. The predicted molar refractivity (Wildman–Crippen MR) is 87.7 cm³/mol. The Morgan fingerprint density at radius 1 is 0.850 bits per heavy atom. The molecular formula is C19H30O. The van der Waals surface area contributed by atoms with Crippen molar-refractivity contribution in [2.45, 2.75) is 68.7 Å². The molecule has 0 bridgehead atoms. The summed E-state index contributed by atoms with van der Waals surface area (Å²) in [6.45, 7) is 19.4. The smallest absolute Gasteiger partial charge is 0.163 e. The fourth-order valence-electron chi connectivity index (χ4n) is 2.60. The van der Waals surface area contributed by atoms with E-state index in [2.05, 4.69) is 62.3 Å². The van der Waals surface area contributed by atoms with Gasteiger partial charge in [-0.15, -0.1) is 0 Å². The van der Waals surface area contributed by atoms with Gasteiger partial charge < -0.3 is 0 Å². The van der Waals surface area contributed by atoms with Crippen molar-refractivity contribution in [2.75, 3.05) is 0 Å². The van der Waals surface area contributed by atoms with Crippen LogP contribution in [0.25, 0.3) is 0 Å². The lowest BCUT2D eigenvalue weighted by atomic mass is 9.77. The van der Waals surface area contributed by atoms with Gasteiger partial charge in [-0.3, -0.25) is 4.79 Å². The zero-order chi connectivity index (χ0) is 15.8. The molecule has 0 spiro atoms. The third-order valence-corrected chi connectivity index (χ3v) is 5.25. The standard InChI is InChI=1S/C19H30O/c1-11(19(7,8)9)10-17(20)18-15(5)13(3)12(2)14(4)16(18)6/h11H,10H2,1-9H3/t11-/m0/s1. The third-order valence-electron chi connectivity index (χ3n) is 5.25. The maximum absolute atomic E-state index is 12.8. The predicted octanol–water partition coefficient (Wildman–Crippen LogP) is 5.48. The number of rotatable bonds is 3. The van der Waals surface area contributed by atoms with Crippen molar-refractivity contribution >= 4 is 5.78 Å². The first kappa shape index (κ1) is 16.9. The normalized spacial score (nSPS) is 13.4. The minimum atomic E-state index is 0.173. The van der Waals surface area contributed by atoms with Crippen LogP contribution in [0.15, 0.2) is 0 Å². The first-order valence-corrected chi connectivity index (χ1v) is 7.58. The molecule has 0 amide bonds. The molecule has 1 nitrogen and oxygen atoms in total. The molecule has 0 aromatic heterocycles. The maximum atomic E-state index is 12.8. The van der Waals surface area contributed by atoms with E-state index >= 15 is 0 Å². The Morgan fingerprint density at radius 2 is 1.20 bits per heavy atom. The highest BCUT2D eigenvalue weighted by atomic mass is 16.1. The van der Waals surface area contributed by atoms with Gasteiger partial charge in [0.2, 0.25) is 0 Å². The number of carbonyl (C=O) groups is 1. The van der Waals surface area contributed by atoms with Gasteiger partial charge in [0.25, 0.3) is 0 Å². The van der Waals surface area contributed by atoms with E-state index in [1.165, 1.54) is 16.7 Å². The lowest BCUT2D eigenvalue weighted by Crippen LogP contribution is -2.22. The summed E-state index contributed by atoms with van der Waals surface area (Å²) in [6, 6.07) is 0. The highest BCUT2D eigenvalue weighted by Gasteiger charge is 2.25. The van der Waals surface area contributed by atoms with Crippen molar-refractivity contribution in [1.82, 2.24) is 0 Å². The van der Waals surface area contributed by atoms with Gasteiger partial charge in [-0.05, 0) is 73.8 Å². The van der Waals surface area contributed by atoms with Gasteiger partial charge in [0.05, 0.1) is 0 Å². The van der Waals surface area contributed by atoms with Crippen LogP contribution in [0.3, 0.4) is 0 Å². The summed E-state index contributed by atoms with van der Waals surface area (Å²) in [5.41, 5.74) is 7.31. The molecule has 0 aliphatic heterocycles. The van der Waals surface area contributed by atoms with Gasteiger partial charge in [0.15, 0.2) is 5.78 Å². The van der Waals surface area contributed by atoms with Crippen LogP contribution in [0.5, 0.6) is 0 Å². The van der Waals surface area contributed by atoms with Crippen LogP contribution >= 0.6 is 0 Å². The molecule has 1 aromatic carbocycles. The van der Waals surface area contributed by atoms with Crippen molar-refractivity contribution in [3.05, 3.63) is 33.4 Å². The highest BCUT2D eigenvalue weighted by Crippen LogP contribution is 2.32. The molecule has 0 radical (unpaired) electrons. The average Bonchev–Trinajstić information content (AvgIpc) is 2.33. The summed E-state index contributed by atoms with van der Waals surface area (Å²) in [7, 11) is 0. The molecule has 0 fully saturated rings. The summed E-state index contributed by atoms with van der Waals surface area (Å²) in [5.74, 6) is 0.685. The van der Waals surface area contributed by atoms with E-state index in [1.54, 1.807) is 0 Å². The summed E-state index contributed by atoms with van der Waals surface area (Å²) < 4.78 is 0. The number of hydrogen-bond acceptors (Lipinski definition) is 1. The zero-order valence-corrected chi connectivity index (χ0v) is 14.7. The molecule has 0 N–H and O–H groups in total. The third kappa shape index (κ3) is 3.13. The van der Waals surface area contributed by atoms with Crippen LogP contribution in [0.2, 0.25) is 0 Å². The zero-order valence-electron chi connectivity index (χ0n) is 14.7. The molecule has 0 unspecified atom stereocenters. The quantitative estimate of drug-likeness (QED) is 0.667. The van der Waals surface area contributed by atoms with E-state index in [0.29, 0.717) is 18.1 Å². The Balaban J connectivity index is 3.25. The molecule has 0 aliphatic carbocycles. The van der Waals surface area contributed by atoms with E-state index in [9.17, 15) is 4.79 Å². The van der Waals surface area contributed by atoms with Gasteiger partial charge in [0, 0.05) is 12.0 Å². The van der Waals surface area contributed by atoms with Crippen LogP contribution in [0.1, 0.15) is 72.3 Å². The monoisotopic (exact) mass is 274 g/mol. The minimum Gasteiger partial charge on any atom is -0.294 e. The van der Waals surface area contributed by atoms with Gasteiger partial charge in [-0.25, -0.2) is 0 Å². The molecule has 112 valence electrons. The Labute approximate surface area is 124 Å². The first-order chi connectivity index (χ1) is 8.98. The van der Waals surface area contributed by atoms with Crippen LogP contribution < -0.4 is 0 Å². The molecule has 1 rings (SSSR count). The second-order valence-electron chi connectivity index (χ2n) is 7.39. The van der Waals surface area contributed by atoms with E-state index in [1.807, 2.05) is 0 Å². The minimum absolute atomic E-state index is 0.173. The molecule has 1 heteroatoms. The Kier molecular flexibility index (Phi) is 4.84. The average molecular weight is 274 g/mol. The van der Waals surface area contributed by atoms with Crippen LogP contribution in [0.4, 0.5) is 0 Å². The number of hydrogen-bond donors (Lipinski definition) is 0. The van der Waals surface area contributed by atoms with Gasteiger partial charge in [-0.1, -0.05) is 27.7 Å². The van der Waals surface area contributed by atoms with E-state index in [4.69, 9.17) is 0 Å². The van der Waals surface area contributed by atoms with Crippen molar-refractivity contribution in [3.63, 3.8) is 0 Å². The van der Waals surface area contributed by atoms with E-state index in [-0.39, 0.29) is 5.41 Å². The van der Waals surface area contributed by atoms with E-state index in [0.717, 1.165) is 16.7 Å². The molecule has 1 aromatic rings. The highest BCUT2D eigenvalue weighted by molar-refractivity contribution is 5.99. The summed E-state index contributed by atoms with van der Waals surface area (Å²) >= 11 is 0. The molecule has 20 heavy (non-hydrogen) atoms. The topological polar surface area (TPSA) is 17.1 Å². The van der Waals surface area contributed by atoms with Gasteiger partial charge in [0.1, 0.15) is 0 Å². The van der Waals surface area contributed by atoms with Crippen LogP contribution in [-0.2, 0) is 0 Å². The summed E-state index contributed by atoms with van der Waals surface area (Å²) in [4.78, 5) is 12.8. The second kappa shape index (κ2) is 5.71. The SMILES string of the molecule is Cc1c(C)c(C)c(C(=O)C[C@H](C)C(C)(C)C)c(C)c1C. The lowest BCUT2D eigenvalue weighted by Gasteiger charge is -2.27. The van der Waals surface area contributed by atoms with E-state index < -0.39 is 0 Å². The number of benzene rings is 1. The molecule has 0 aliphatic rings. The van der Waals surface area contributed by atoms with Crippen molar-refractivity contribution in [3.8, 4) is 0 Å². The van der Waals surface area contributed by atoms with Crippen molar-refractivity contribution < 1.29 is 4.79 Å². The Bertz CT molecular complexity index is 501. The molecule has 1 atom stereocenters. The molecule has 0 saturated heterocycles. The van der Waals surface area contributed by atoms with Crippen molar-refractivity contribution in [2.24, 2.45) is 11.3 Å². The fourth-order valence-corrected chi connectivity index (χ4v) is 2.60. The summed E-state index contributed by atoms with van der Waals surface area (Å²) in [6.07, 6.45) is 0.632. The van der Waals surface area contributed by atoms with Gasteiger partial charge in [-0.2, -0.15) is 0 Å². The van der Waals surface area contributed by atoms with Crippen LogP contribution in [0, 0.1) is 46.0 Å². The number of ketones is 1. The molecule has 0 saturated carbocycles. The largest absolute Gasteiger partial charge is 0.294 e. The number of Topliss-reactive ketones (excluding diaryl/α,β-unsaturated/α-hetero) is 1. The molecule has 0 heterocycles. The Hall–Kier alpha value is -1.11. The second-order valence-corrected chi connectivity index (χ2v) is 7.39. The summed E-state index contributed by atoms with van der Waals surface area (Å²) in [5, 5.41) is 0. The van der Waals surface area contributed by atoms with Crippen LogP contribution in [-0.4, -0.2) is 5.78 Å². The maximum Gasteiger partial charge on any atom is 0.163 e. The van der Waals surface area contributed by atoms with Gasteiger partial charge >= 0.3 is 0 Å². The Morgan fingerprint density at radius 3 is 1.55 bits per heavy atom. The first-order valence-electron chi connectivity index (χ1n) is 7.58. The molecular weight excluding hydrogens is 244 g/mol.